The van der Waals surface area contributed by atoms with Gasteiger partial charge in [0.15, 0.2) is 0 Å². The highest BCUT2D eigenvalue weighted by molar-refractivity contribution is 9.11. The van der Waals surface area contributed by atoms with Crippen LogP contribution in [0.2, 0.25) is 0 Å². The van der Waals surface area contributed by atoms with Gasteiger partial charge in [0.05, 0.1) is 5.38 Å². The molecule has 16 heavy (non-hydrogen) atoms. The first-order valence-corrected chi connectivity index (χ1v) is 7.76. The molecule has 0 aliphatic heterocycles. The topological polar surface area (TPSA) is 0 Å². The highest BCUT2D eigenvalue weighted by atomic mass is 79.9. The van der Waals surface area contributed by atoms with Gasteiger partial charge >= 0.3 is 0 Å². The van der Waals surface area contributed by atoms with Crippen molar-refractivity contribution in [3.8, 4) is 0 Å². The van der Waals surface area contributed by atoms with Crippen molar-refractivity contribution in [3.05, 3.63) is 32.7 Å². The molecule has 90 valence electrons. The van der Waals surface area contributed by atoms with Gasteiger partial charge in [-0.3, -0.25) is 0 Å². The van der Waals surface area contributed by atoms with Gasteiger partial charge in [-0.25, -0.2) is 0 Å². The van der Waals surface area contributed by atoms with Gasteiger partial charge in [0.25, 0.3) is 0 Å². The van der Waals surface area contributed by atoms with Crippen molar-refractivity contribution >= 4 is 43.5 Å². The number of alkyl halides is 1. The van der Waals surface area contributed by atoms with Crippen LogP contribution >= 0.6 is 43.5 Å². The van der Waals surface area contributed by atoms with E-state index in [-0.39, 0.29) is 5.38 Å². The first kappa shape index (κ1) is 14.5. The molecule has 0 spiro atoms. The molecule has 0 saturated heterocycles. The maximum atomic E-state index is 6.41. The largest absolute Gasteiger partial charge is 0.118 e. The molecule has 0 saturated carbocycles. The fraction of sp³-hybridized carbons (Fsp3) is 0.538. The molecule has 0 heterocycles. The first-order chi connectivity index (χ1) is 7.65. The monoisotopic (exact) mass is 366 g/mol. The second kappa shape index (κ2) is 7.73. The number of hydrogen-bond acceptors (Lipinski definition) is 0. The lowest BCUT2D eigenvalue weighted by molar-refractivity contribution is 0.623. The zero-order valence-corrected chi connectivity index (χ0v) is 13.4. The van der Waals surface area contributed by atoms with E-state index >= 15 is 0 Å². The first-order valence-electron chi connectivity index (χ1n) is 5.74. The Bertz CT molecular complexity index is 326. The molecule has 0 amide bonds. The summed E-state index contributed by atoms with van der Waals surface area (Å²) >= 11 is 13.4. The number of halogens is 3. The molecule has 0 nitrogen and oxygen atoms in total. The lowest BCUT2D eigenvalue weighted by Gasteiger charge is -2.12. The minimum absolute atomic E-state index is 0.115. The van der Waals surface area contributed by atoms with Crippen molar-refractivity contribution in [1.29, 1.82) is 0 Å². The second-order valence-corrected chi connectivity index (χ2v) is 6.28. The van der Waals surface area contributed by atoms with Crippen LogP contribution in [0.3, 0.4) is 0 Å². The van der Waals surface area contributed by atoms with Crippen molar-refractivity contribution in [1.82, 2.24) is 0 Å². The Hall–Kier alpha value is 0.470. The Kier molecular flexibility index (Phi) is 7.02. The molecule has 0 aliphatic carbocycles. The normalized spacial score (nSPS) is 12.8. The van der Waals surface area contributed by atoms with Crippen LogP contribution in [0.4, 0.5) is 0 Å². The third kappa shape index (κ3) is 4.77. The van der Waals surface area contributed by atoms with Gasteiger partial charge in [-0.1, -0.05) is 64.5 Å². The smallest absolute Gasteiger partial charge is 0.0596 e. The number of unbranched alkanes of at least 4 members (excludes halogenated alkanes) is 3. The van der Waals surface area contributed by atoms with Crippen LogP contribution in [-0.2, 0) is 0 Å². The minimum Gasteiger partial charge on any atom is -0.118 e. The lowest BCUT2D eigenvalue weighted by Crippen LogP contribution is -1.92. The van der Waals surface area contributed by atoms with Crippen LogP contribution in [0.25, 0.3) is 0 Å². The van der Waals surface area contributed by atoms with Crippen molar-refractivity contribution in [2.75, 3.05) is 0 Å². The number of benzene rings is 1. The quantitative estimate of drug-likeness (QED) is 0.399. The van der Waals surface area contributed by atoms with Crippen molar-refractivity contribution in [2.45, 2.75) is 44.4 Å². The molecule has 3 heteroatoms. The van der Waals surface area contributed by atoms with Gasteiger partial charge in [-0.2, -0.15) is 0 Å². The highest BCUT2D eigenvalue weighted by Gasteiger charge is 2.11. The standard InChI is InChI=1S/C13H17Br2Cl/c1-2-3-4-5-6-13(16)11-9-10(14)7-8-12(11)15/h7-9,13H,2-6H2,1H3. The Labute approximate surface area is 120 Å². The Morgan fingerprint density at radius 2 is 1.94 bits per heavy atom. The highest BCUT2D eigenvalue weighted by Crippen LogP contribution is 2.34. The predicted octanol–water partition coefficient (Wildman–Crippen LogP) is 6.46. The minimum atomic E-state index is 0.115. The van der Waals surface area contributed by atoms with Crippen molar-refractivity contribution in [3.63, 3.8) is 0 Å². The predicted molar refractivity (Wildman–Crippen MR) is 79.2 cm³/mol. The number of rotatable bonds is 6. The summed E-state index contributed by atoms with van der Waals surface area (Å²) < 4.78 is 2.19. The molecule has 1 aromatic carbocycles. The van der Waals surface area contributed by atoms with Crippen molar-refractivity contribution < 1.29 is 0 Å². The zero-order chi connectivity index (χ0) is 12.0. The average Bonchev–Trinajstić information content (AvgIpc) is 2.27. The van der Waals surface area contributed by atoms with E-state index < -0.39 is 0 Å². The molecule has 0 bridgehead atoms. The maximum absolute atomic E-state index is 6.41. The molecule has 0 aliphatic rings. The summed E-state index contributed by atoms with van der Waals surface area (Å²) in [5.74, 6) is 0. The van der Waals surface area contributed by atoms with E-state index in [4.69, 9.17) is 11.6 Å². The van der Waals surface area contributed by atoms with E-state index in [9.17, 15) is 0 Å². The summed E-state index contributed by atoms with van der Waals surface area (Å²) in [5.41, 5.74) is 1.19. The Balaban J connectivity index is 2.51. The Morgan fingerprint density at radius 1 is 1.19 bits per heavy atom. The average molecular weight is 369 g/mol. The van der Waals surface area contributed by atoms with E-state index in [1.807, 2.05) is 12.1 Å². The van der Waals surface area contributed by atoms with Gasteiger partial charge in [-0.15, -0.1) is 11.6 Å². The maximum Gasteiger partial charge on any atom is 0.0596 e. The summed E-state index contributed by atoms with van der Waals surface area (Å²) in [6, 6.07) is 6.16. The van der Waals surface area contributed by atoms with E-state index in [0.29, 0.717) is 0 Å². The molecule has 0 N–H and O–H groups in total. The van der Waals surface area contributed by atoms with Gasteiger partial charge in [0, 0.05) is 8.95 Å². The summed E-state index contributed by atoms with van der Waals surface area (Å²) in [5, 5.41) is 0.115. The summed E-state index contributed by atoms with van der Waals surface area (Å²) in [4.78, 5) is 0. The Morgan fingerprint density at radius 3 is 2.62 bits per heavy atom. The molecule has 0 aromatic heterocycles. The lowest BCUT2D eigenvalue weighted by atomic mass is 10.1. The molecule has 0 fully saturated rings. The summed E-state index contributed by atoms with van der Waals surface area (Å²) in [7, 11) is 0. The zero-order valence-electron chi connectivity index (χ0n) is 9.48. The van der Waals surface area contributed by atoms with Crippen LogP contribution in [0.15, 0.2) is 27.1 Å². The molecule has 1 atom stereocenters. The van der Waals surface area contributed by atoms with E-state index in [0.717, 1.165) is 15.4 Å². The molecular formula is C13H17Br2Cl. The molecule has 1 unspecified atom stereocenters. The third-order valence-corrected chi connectivity index (χ3v) is 4.28. The molecule has 1 rings (SSSR count). The second-order valence-electron chi connectivity index (χ2n) is 3.98. The van der Waals surface area contributed by atoms with Crippen LogP contribution < -0.4 is 0 Å². The van der Waals surface area contributed by atoms with Gasteiger partial charge in [-0.05, 0) is 30.2 Å². The van der Waals surface area contributed by atoms with E-state index in [2.05, 4.69) is 44.8 Å². The van der Waals surface area contributed by atoms with E-state index in [1.165, 1.54) is 31.2 Å². The fourth-order valence-electron chi connectivity index (χ4n) is 1.66. The van der Waals surface area contributed by atoms with Gasteiger partial charge < -0.3 is 0 Å². The number of hydrogen-bond donors (Lipinski definition) is 0. The van der Waals surface area contributed by atoms with Gasteiger partial charge in [0.2, 0.25) is 0 Å². The van der Waals surface area contributed by atoms with E-state index in [1.54, 1.807) is 0 Å². The third-order valence-electron chi connectivity index (χ3n) is 2.61. The molecule has 0 radical (unpaired) electrons. The molecule has 1 aromatic rings. The van der Waals surface area contributed by atoms with Crippen LogP contribution in [-0.4, -0.2) is 0 Å². The van der Waals surface area contributed by atoms with Gasteiger partial charge in [0.1, 0.15) is 0 Å². The van der Waals surface area contributed by atoms with Crippen LogP contribution in [0, 0.1) is 0 Å². The fourth-order valence-corrected chi connectivity index (χ4v) is 3.03. The van der Waals surface area contributed by atoms with Crippen molar-refractivity contribution in [2.24, 2.45) is 0 Å². The summed E-state index contributed by atoms with van der Waals surface area (Å²) in [6.45, 7) is 2.23. The summed E-state index contributed by atoms with van der Waals surface area (Å²) in [6.07, 6.45) is 6.12. The molecular weight excluding hydrogens is 351 g/mol. The van der Waals surface area contributed by atoms with Crippen LogP contribution in [0.5, 0.6) is 0 Å². The van der Waals surface area contributed by atoms with Crippen LogP contribution in [0.1, 0.15) is 50.0 Å². The SMILES string of the molecule is CCCCCCC(Cl)c1cc(Br)ccc1Br.